The maximum atomic E-state index is 12.2. The largest absolute Gasteiger partial charge is 0.397 e. The molecule has 1 fully saturated rings. The van der Waals surface area contributed by atoms with Crippen molar-refractivity contribution >= 4 is 11.6 Å². The molecule has 1 aliphatic carbocycles. The summed E-state index contributed by atoms with van der Waals surface area (Å²) in [5.41, 5.74) is 7.10. The van der Waals surface area contributed by atoms with Crippen molar-refractivity contribution in [3.8, 4) is 0 Å². The number of aromatic nitrogens is 3. The van der Waals surface area contributed by atoms with Crippen LogP contribution in [0.1, 0.15) is 35.2 Å². The van der Waals surface area contributed by atoms with E-state index in [-0.39, 0.29) is 5.91 Å². The second-order valence-electron chi connectivity index (χ2n) is 5.26. The zero-order valence-electron chi connectivity index (χ0n) is 11.5. The summed E-state index contributed by atoms with van der Waals surface area (Å²) in [5.74, 6) is 0.894. The molecular weight excluding hydrogens is 254 g/mol. The average molecular weight is 273 g/mol. The van der Waals surface area contributed by atoms with E-state index in [4.69, 9.17) is 5.73 Å². The first-order chi connectivity index (χ1) is 9.65. The highest BCUT2D eigenvalue weighted by Gasteiger charge is 2.27. The molecule has 0 saturated heterocycles. The Hall–Kier alpha value is -2.24. The highest BCUT2D eigenvalue weighted by Crippen LogP contribution is 2.37. The van der Waals surface area contributed by atoms with Crippen molar-refractivity contribution in [1.82, 2.24) is 19.4 Å². The Balaban J connectivity index is 1.60. The van der Waals surface area contributed by atoms with Crippen LogP contribution in [0.5, 0.6) is 0 Å². The highest BCUT2D eigenvalue weighted by molar-refractivity contribution is 5.93. The predicted octanol–water partition coefficient (Wildman–Crippen LogP) is 1.11. The lowest BCUT2D eigenvalue weighted by atomic mass is 10.3. The summed E-state index contributed by atoms with van der Waals surface area (Å²) in [6.45, 7) is 0.569. The molecule has 0 unspecified atom stereocenters. The van der Waals surface area contributed by atoms with Gasteiger partial charge in [0.15, 0.2) is 0 Å². The molecule has 3 rings (SSSR count). The smallest absolute Gasteiger partial charge is 0.268 e. The minimum Gasteiger partial charge on any atom is -0.397 e. The SMILES string of the molecule is Cn1ccnc1CCNC(=O)c1cc(N)cn1C1CC1. The molecule has 6 nitrogen and oxygen atoms in total. The lowest BCUT2D eigenvalue weighted by Gasteiger charge is -2.08. The van der Waals surface area contributed by atoms with Gasteiger partial charge in [0.1, 0.15) is 11.5 Å². The first-order valence-electron chi connectivity index (χ1n) is 6.87. The van der Waals surface area contributed by atoms with Gasteiger partial charge < -0.3 is 20.2 Å². The molecule has 2 aromatic rings. The minimum atomic E-state index is -0.0668. The molecule has 0 bridgehead atoms. The number of hydrogen-bond donors (Lipinski definition) is 2. The number of rotatable bonds is 5. The van der Waals surface area contributed by atoms with E-state index in [1.807, 2.05) is 28.6 Å². The van der Waals surface area contributed by atoms with E-state index in [1.165, 1.54) is 0 Å². The highest BCUT2D eigenvalue weighted by atomic mass is 16.1. The van der Waals surface area contributed by atoms with Crippen LogP contribution < -0.4 is 11.1 Å². The minimum absolute atomic E-state index is 0.0668. The monoisotopic (exact) mass is 273 g/mol. The zero-order chi connectivity index (χ0) is 14.1. The fourth-order valence-electron chi connectivity index (χ4n) is 2.35. The summed E-state index contributed by atoms with van der Waals surface area (Å²) in [7, 11) is 1.95. The molecule has 0 spiro atoms. The van der Waals surface area contributed by atoms with Crippen molar-refractivity contribution in [3.63, 3.8) is 0 Å². The third-order valence-electron chi connectivity index (χ3n) is 3.60. The van der Waals surface area contributed by atoms with Gasteiger partial charge in [-0.2, -0.15) is 0 Å². The van der Waals surface area contributed by atoms with Gasteiger partial charge in [-0.3, -0.25) is 4.79 Å². The number of anilines is 1. The summed E-state index contributed by atoms with van der Waals surface area (Å²) < 4.78 is 3.95. The van der Waals surface area contributed by atoms with Crippen molar-refractivity contribution in [3.05, 3.63) is 36.2 Å². The van der Waals surface area contributed by atoms with Gasteiger partial charge in [0.05, 0.1) is 5.69 Å². The predicted molar refractivity (Wildman–Crippen MR) is 76.4 cm³/mol. The molecule has 20 heavy (non-hydrogen) atoms. The molecule has 2 aromatic heterocycles. The summed E-state index contributed by atoms with van der Waals surface area (Å²) in [6.07, 6.45) is 8.48. The molecular formula is C14H19N5O. The third-order valence-corrected chi connectivity index (χ3v) is 3.60. The molecule has 1 amide bonds. The van der Waals surface area contributed by atoms with Crippen LogP contribution in [0.3, 0.4) is 0 Å². The summed E-state index contributed by atoms with van der Waals surface area (Å²) in [6, 6.07) is 2.19. The number of nitrogens with zero attached hydrogens (tertiary/aromatic N) is 3. The van der Waals surface area contributed by atoms with Gasteiger partial charge in [0.2, 0.25) is 0 Å². The van der Waals surface area contributed by atoms with Crippen LogP contribution in [0.15, 0.2) is 24.7 Å². The summed E-state index contributed by atoms with van der Waals surface area (Å²) in [5, 5.41) is 2.93. The maximum Gasteiger partial charge on any atom is 0.268 e. The Kier molecular flexibility index (Phi) is 3.22. The normalized spacial score (nSPS) is 14.4. The van der Waals surface area contributed by atoms with E-state index in [0.29, 0.717) is 24.0 Å². The van der Waals surface area contributed by atoms with Crippen molar-refractivity contribution in [1.29, 1.82) is 0 Å². The van der Waals surface area contributed by atoms with Crippen LogP contribution in [0.2, 0.25) is 0 Å². The molecule has 2 heterocycles. The first kappa shape index (κ1) is 12.8. The molecule has 0 aliphatic heterocycles. The molecule has 0 atom stereocenters. The molecule has 3 N–H and O–H groups in total. The van der Waals surface area contributed by atoms with Crippen LogP contribution in [-0.2, 0) is 13.5 Å². The van der Waals surface area contributed by atoms with E-state index < -0.39 is 0 Å². The molecule has 0 radical (unpaired) electrons. The van der Waals surface area contributed by atoms with Crippen LogP contribution in [0, 0.1) is 0 Å². The van der Waals surface area contributed by atoms with Gasteiger partial charge in [-0.25, -0.2) is 4.98 Å². The number of nitrogens with two attached hydrogens (primary N) is 1. The quantitative estimate of drug-likeness (QED) is 0.856. The van der Waals surface area contributed by atoms with E-state index in [2.05, 4.69) is 10.3 Å². The zero-order valence-corrected chi connectivity index (χ0v) is 11.5. The number of nitrogen functional groups attached to an aromatic ring is 1. The number of carbonyl (C=O) groups is 1. The fourth-order valence-corrected chi connectivity index (χ4v) is 2.35. The number of nitrogens with one attached hydrogen (secondary N) is 1. The summed E-state index contributed by atoms with van der Waals surface area (Å²) >= 11 is 0. The molecule has 0 aromatic carbocycles. The van der Waals surface area contributed by atoms with Gasteiger partial charge in [-0.1, -0.05) is 0 Å². The van der Waals surface area contributed by atoms with E-state index in [9.17, 15) is 4.79 Å². The van der Waals surface area contributed by atoms with Gasteiger partial charge in [-0.05, 0) is 18.9 Å². The average Bonchev–Trinajstić information content (AvgIpc) is 3.08. The number of carbonyl (C=O) groups excluding carboxylic acids is 1. The number of amides is 1. The Labute approximate surface area is 117 Å². The summed E-state index contributed by atoms with van der Waals surface area (Å²) in [4.78, 5) is 16.4. The van der Waals surface area contributed by atoms with Crippen LogP contribution >= 0.6 is 0 Å². The second kappa shape index (κ2) is 5.03. The second-order valence-corrected chi connectivity index (χ2v) is 5.26. The Morgan fingerprint density at radius 2 is 2.35 bits per heavy atom. The Bertz CT molecular complexity index is 623. The number of hydrogen-bond acceptors (Lipinski definition) is 3. The number of imidazole rings is 1. The topological polar surface area (TPSA) is 77.9 Å². The van der Waals surface area contributed by atoms with Crippen molar-refractivity contribution < 1.29 is 4.79 Å². The standard InChI is InChI=1S/C14H19N5O/c1-18-7-6-16-13(18)4-5-17-14(20)12-8-10(15)9-19(12)11-2-3-11/h6-9,11H,2-5,15H2,1H3,(H,17,20). The maximum absolute atomic E-state index is 12.2. The van der Waals surface area contributed by atoms with Gasteiger partial charge in [-0.15, -0.1) is 0 Å². The van der Waals surface area contributed by atoms with Crippen molar-refractivity contribution in [2.45, 2.75) is 25.3 Å². The van der Waals surface area contributed by atoms with E-state index in [0.717, 1.165) is 25.1 Å². The van der Waals surface area contributed by atoms with E-state index in [1.54, 1.807) is 12.3 Å². The van der Waals surface area contributed by atoms with Crippen molar-refractivity contribution in [2.75, 3.05) is 12.3 Å². The molecule has 106 valence electrons. The molecule has 6 heteroatoms. The Morgan fingerprint density at radius 1 is 1.55 bits per heavy atom. The van der Waals surface area contributed by atoms with Gasteiger partial charge in [0, 0.05) is 44.6 Å². The fraction of sp³-hybridized carbons (Fsp3) is 0.429. The third kappa shape index (κ3) is 2.54. The molecule has 1 aliphatic rings. The van der Waals surface area contributed by atoms with Gasteiger partial charge >= 0.3 is 0 Å². The van der Waals surface area contributed by atoms with Crippen LogP contribution in [0.4, 0.5) is 5.69 Å². The van der Waals surface area contributed by atoms with E-state index >= 15 is 0 Å². The Morgan fingerprint density at radius 3 is 3.00 bits per heavy atom. The van der Waals surface area contributed by atoms with Crippen molar-refractivity contribution in [2.24, 2.45) is 7.05 Å². The lowest BCUT2D eigenvalue weighted by Crippen LogP contribution is -2.28. The van der Waals surface area contributed by atoms with Gasteiger partial charge in [0.25, 0.3) is 5.91 Å². The first-order valence-corrected chi connectivity index (χ1v) is 6.87. The van der Waals surface area contributed by atoms with Crippen LogP contribution in [0.25, 0.3) is 0 Å². The van der Waals surface area contributed by atoms with Crippen LogP contribution in [-0.4, -0.2) is 26.6 Å². The lowest BCUT2D eigenvalue weighted by molar-refractivity contribution is 0.0944. The number of aryl methyl sites for hydroxylation is 1. The molecule has 1 saturated carbocycles.